The van der Waals surface area contributed by atoms with Gasteiger partial charge < -0.3 is 20.3 Å². The van der Waals surface area contributed by atoms with E-state index in [-0.39, 0.29) is 24.0 Å². The Morgan fingerprint density at radius 1 is 1.24 bits per heavy atom. The number of methoxy groups -OCH3 is 1. The quantitative estimate of drug-likeness (QED) is 0.256. The third-order valence-corrected chi connectivity index (χ3v) is 4.22. The largest absolute Gasteiger partial charge is 0.496 e. The fourth-order valence-electron chi connectivity index (χ4n) is 2.35. The van der Waals surface area contributed by atoms with Gasteiger partial charge in [-0.3, -0.25) is 4.99 Å². The van der Waals surface area contributed by atoms with Crippen molar-refractivity contribution in [2.75, 3.05) is 34.3 Å². The van der Waals surface area contributed by atoms with Gasteiger partial charge in [-0.25, -0.2) is 0 Å². The molecule has 0 spiro atoms. The third-order valence-electron chi connectivity index (χ3n) is 4.22. The van der Waals surface area contributed by atoms with Crippen LogP contribution in [0.5, 0.6) is 5.75 Å². The van der Waals surface area contributed by atoms with Gasteiger partial charge in [0.2, 0.25) is 0 Å². The number of ether oxygens (including phenoxy) is 1. The monoisotopic (exact) mass is 462 g/mol. The Morgan fingerprint density at radius 3 is 2.56 bits per heavy atom. The summed E-state index contributed by atoms with van der Waals surface area (Å²) in [6, 6.07) is 6.85. The van der Waals surface area contributed by atoms with E-state index in [9.17, 15) is 0 Å². The molecule has 144 valence electrons. The van der Waals surface area contributed by atoms with Gasteiger partial charge in [-0.1, -0.05) is 12.1 Å². The number of unbranched alkanes of at least 4 members (excludes halogenated alkanes) is 1. The molecule has 0 saturated carbocycles. The van der Waals surface area contributed by atoms with Crippen LogP contribution in [-0.2, 0) is 6.54 Å². The number of aryl methyl sites for hydroxylation is 1. The highest BCUT2D eigenvalue weighted by molar-refractivity contribution is 14.0. The highest BCUT2D eigenvalue weighted by atomic mass is 127. The first-order valence-electron chi connectivity index (χ1n) is 8.76. The number of guanidine groups is 1. The maximum Gasteiger partial charge on any atom is 0.191 e. The Labute approximate surface area is 170 Å². The minimum Gasteiger partial charge on any atom is -0.496 e. The zero-order chi connectivity index (χ0) is 17.9. The molecule has 0 unspecified atom stereocenters. The molecule has 6 heteroatoms. The fraction of sp³-hybridized carbons (Fsp3) is 0.632. The molecule has 0 fully saturated rings. The molecule has 0 aliphatic heterocycles. The molecule has 1 rings (SSSR count). The Bertz CT molecular complexity index is 520. The van der Waals surface area contributed by atoms with Gasteiger partial charge in [0.15, 0.2) is 5.96 Å². The number of aliphatic imine (C=N–C) groups is 1. The standard InChI is InChI=1S/C19H34N4O.HI/c1-15(2)23(5)12-8-7-11-21-19(20-4)22-14-17-10-9-16(3)13-18(17)24-6;/h9-10,13,15H,7-8,11-12,14H2,1-6H3,(H2,20,21,22);1H. The molecule has 0 saturated heterocycles. The van der Waals surface area contributed by atoms with Crippen LogP contribution in [-0.4, -0.2) is 51.2 Å². The van der Waals surface area contributed by atoms with E-state index in [4.69, 9.17) is 4.74 Å². The lowest BCUT2D eigenvalue weighted by Gasteiger charge is -2.20. The lowest BCUT2D eigenvalue weighted by Crippen LogP contribution is -2.37. The molecule has 25 heavy (non-hydrogen) atoms. The second-order valence-electron chi connectivity index (χ2n) is 6.45. The van der Waals surface area contributed by atoms with Crippen molar-refractivity contribution >= 4 is 29.9 Å². The molecule has 2 N–H and O–H groups in total. The number of nitrogens with one attached hydrogen (secondary N) is 2. The number of nitrogens with zero attached hydrogens (tertiary/aromatic N) is 2. The summed E-state index contributed by atoms with van der Waals surface area (Å²) in [6.07, 6.45) is 2.32. The van der Waals surface area contributed by atoms with E-state index >= 15 is 0 Å². The summed E-state index contributed by atoms with van der Waals surface area (Å²) in [5.41, 5.74) is 2.33. The van der Waals surface area contributed by atoms with Crippen LogP contribution in [0.4, 0.5) is 0 Å². The first kappa shape index (κ1) is 24.0. The summed E-state index contributed by atoms with van der Waals surface area (Å²) < 4.78 is 5.44. The molecule has 1 aromatic rings. The lowest BCUT2D eigenvalue weighted by atomic mass is 10.1. The first-order chi connectivity index (χ1) is 11.5. The van der Waals surface area contributed by atoms with E-state index in [0.717, 1.165) is 36.8 Å². The zero-order valence-electron chi connectivity index (χ0n) is 16.6. The van der Waals surface area contributed by atoms with E-state index in [1.54, 1.807) is 14.2 Å². The molecule has 0 heterocycles. The van der Waals surface area contributed by atoms with Crippen molar-refractivity contribution < 1.29 is 4.74 Å². The second kappa shape index (κ2) is 13.2. The summed E-state index contributed by atoms with van der Waals surface area (Å²) in [4.78, 5) is 6.65. The summed E-state index contributed by atoms with van der Waals surface area (Å²) in [5.74, 6) is 1.74. The number of hydrogen-bond acceptors (Lipinski definition) is 3. The molecule has 0 atom stereocenters. The molecule has 0 radical (unpaired) electrons. The van der Waals surface area contributed by atoms with Crippen LogP contribution in [0, 0.1) is 6.92 Å². The molecule has 0 aliphatic rings. The molecule has 0 aliphatic carbocycles. The van der Waals surface area contributed by atoms with E-state index < -0.39 is 0 Å². The molecule has 0 amide bonds. The van der Waals surface area contributed by atoms with Crippen molar-refractivity contribution in [3.63, 3.8) is 0 Å². The van der Waals surface area contributed by atoms with Crippen molar-refractivity contribution in [3.8, 4) is 5.75 Å². The van der Waals surface area contributed by atoms with Crippen molar-refractivity contribution in [1.82, 2.24) is 15.5 Å². The summed E-state index contributed by atoms with van der Waals surface area (Å²) in [7, 11) is 5.68. The molecule has 0 bridgehead atoms. The predicted molar refractivity (Wildman–Crippen MR) is 118 cm³/mol. The van der Waals surface area contributed by atoms with Crippen molar-refractivity contribution in [2.24, 2.45) is 4.99 Å². The molecular weight excluding hydrogens is 427 g/mol. The summed E-state index contributed by atoms with van der Waals surface area (Å²) in [6.45, 7) is 9.27. The molecule has 5 nitrogen and oxygen atoms in total. The van der Waals surface area contributed by atoms with Crippen LogP contribution >= 0.6 is 24.0 Å². The zero-order valence-corrected chi connectivity index (χ0v) is 18.9. The van der Waals surface area contributed by atoms with Gasteiger partial charge in [-0.2, -0.15) is 0 Å². The average Bonchev–Trinajstić information content (AvgIpc) is 2.57. The smallest absolute Gasteiger partial charge is 0.191 e. The van der Waals surface area contributed by atoms with Gasteiger partial charge in [0.25, 0.3) is 0 Å². The van der Waals surface area contributed by atoms with Crippen LogP contribution in [0.3, 0.4) is 0 Å². The first-order valence-corrected chi connectivity index (χ1v) is 8.76. The third kappa shape index (κ3) is 9.30. The van der Waals surface area contributed by atoms with Crippen LogP contribution < -0.4 is 15.4 Å². The fourth-order valence-corrected chi connectivity index (χ4v) is 2.35. The van der Waals surface area contributed by atoms with Crippen LogP contribution in [0.25, 0.3) is 0 Å². The van der Waals surface area contributed by atoms with Gasteiger partial charge in [0.05, 0.1) is 7.11 Å². The van der Waals surface area contributed by atoms with Crippen molar-refractivity contribution in [3.05, 3.63) is 29.3 Å². The minimum atomic E-state index is 0. The molecular formula is C19H35IN4O. The van der Waals surface area contributed by atoms with Gasteiger partial charge in [0, 0.05) is 31.7 Å². The predicted octanol–water partition coefficient (Wildman–Crippen LogP) is 3.41. The second-order valence-corrected chi connectivity index (χ2v) is 6.45. The average molecular weight is 462 g/mol. The number of halogens is 1. The van der Waals surface area contributed by atoms with Gasteiger partial charge in [0.1, 0.15) is 5.75 Å². The Morgan fingerprint density at radius 2 is 1.96 bits per heavy atom. The van der Waals surface area contributed by atoms with Crippen molar-refractivity contribution in [1.29, 1.82) is 0 Å². The van der Waals surface area contributed by atoms with Crippen molar-refractivity contribution in [2.45, 2.75) is 46.2 Å². The minimum absolute atomic E-state index is 0. The molecule has 1 aromatic carbocycles. The van der Waals surface area contributed by atoms with E-state index in [1.165, 1.54) is 12.0 Å². The van der Waals surface area contributed by atoms with Crippen LogP contribution in [0.1, 0.15) is 37.8 Å². The van der Waals surface area contributed by atoms with E-state index in [1.807, 2.05) is 0 Å². The molecule has 0 aromatic heterocycles. The van der Waals surface area contributed by atoms with Gasteiger partial charge in [-0.15, -0.1) is 24.0 Å². The summed E-state index contributed by atoms with van der Waals surface area (Å²) >= 11 is 0. The lowest BCUT2D eigenvalue weighted by molar-refractivity contribution is 0.268. The SMILES string of the molecule is CN=C(NCCCCN(C)C(C)C)NCc1ccc(C)cc1OC.I. The van der Waals surface area contributed by atoms with E-state index in [0.29, 0.717) is 12.6 Å². The van der Waals surface area contributed by atoms with Crippen LogP contribution in [0.2, 0.25) is 0 Å². The Hall–Kier alpha value is -1.02. The number of rotatable bonds is 9. The van der Waals surface area contributed by atoms with E-state index in [2.05, 4.69) is 66.5 Å². The highest BCUT2D eigenvalue weighted by Gasteiger charge is 2.05. The maximum absolute atomic E-state index is 5.44. The summed E-state index contributed by atoms with van der Waals surface area (Å²) in [5, 5.41) is 6.72. The highest BCUT2D eigenvalue weighted by Crippen LogP contribution is 2.19. The normalized spacial score (nSPS) is 11.4. The number of hydrogen-bond donors (Lipinski definition) is 2. The van der Waals surface area contributed by atoms with Gasteiger partial charge >= 0.3 is 0 Å². The topological polar surface area (TPSA) is 48.9 Å². The van der Waals surface area contributed by atoms with Crippen LogP contribution in [0.15, 0.2) is 23.2 Å². The Balaban J connectivity index is 0.00000576. The Kier molecular flexibility index (Phi) is 12.7. The van der Waals surface area contributed by atoms with Gasteiger partial charge in [-0.05, 0) is 58.8 Å². The maximum atomic E-state index is 5.44. The number of benzene rings is 1.